The molecule has 1 N–H and O–H groups in total. The van der Waals surface area contributed by atoms with E-state index < -0.39 is 0 Å². The fraction of sp³-hybridized carbons (Fsp3) is 0.929. The molecular formula is C14H25ClN2O. The van der Waals surface area contributed by atoms with Crippen molar-refractivity contribution in [3.63, 3.8) is 0 Å². The van der Waals surface area contributed by atoms with Crippen LogP contribution in [0.5, 0.6) is 0 Å². The van der Waals surface area contributed by atoms with Gasteiger partial charge >= 0.3 is 0 Å². The second-order valence-corrected chi connectivity index (χ2v) is 6.77. The van der Waals surface area contributed by atoms with E-state index in [1.807, 2.05) is 0 Å². The van der Waals surface area contributed by atoms with Crippen LogP contribution in [-0.2, 0) is 4.79 Å². The Kier molecular flexibility index (Phi) is 3.67. The molecule has 3 rings (SSSR count). The zero-order valence-electron chi connectivity index (χ0n) is 11.5. The van der Waals surface area contributed by atoms with Crippen molar-refractivity contribution in [2.45, 2.75) is 51.5 Å². The summed E-state index contributed by atoms with van der Waals surface area (Å²) in [5.41, 5.74) is 0.495. The highest BCUT2D eigenvalue weighted by atomic mass is 35.5. The van der Waals surface area contributed by atoms with E-state index in [0.717, 1.165) is 26.1 Å². The lowest BCUT2D eigenvalue weighted by Gasteiger charge is -2.33. The van der Waals surface area contributed by atoms with Gasteiger partial charge in [0.05, 0.1) is 0 Å². The van der Waals surface area contributed by atoms with Crippen LogP contribution in [0, 0.1) is 11.3 Å². The molecule has 0 aromatic heterocycles. The molecule has 104 valence electrons. The summed E-state index contributed by atoms with van der Waals surface area (Å²) in [7, 11) is 0. The van der Waals surface area contributed by atoms with E-state index in [9.17, 15) is 4.79 Å². The van der Waals surface area contributed by atoms with Gasteiger partial charge in [-0.3, -0.25) is 4.79 Å². The molecule has 1 unspecified atom stereocenters. The van der Waals surface area contributed by atoms with Crippen molar-refractivity contribution in [1.29, 1.82) is 0 Å². The van der Waals surface area contributed by atoms with E-state index in [2.05, 4.69) is 24.1 Å². The number of amides is 1. The third-order valence-corrected chi connectivity index (χ3v) is 5.25. The van der Waals surface area contributed by atoms with Gasteiger partial charge in [-0.25, -0.2) is 0 Å². The summed E-state index contributed by atoms with van der Waals surface area (Å²) in [6.07, 6.45) is 5.91. The third-order valence-electron chi connectivity index (χ3n) is 5.25. The predicted molar refractivity (Wildman–Crippen MR) is 74.9 cm³/mol. The number of nitrogens with zero attached hydrogens (tertiary/aromatic N) is 1. The maximum Gasteiger partial charge on any atom is 0.226 e. The number of rotatable bonds is 1. The average molecular weight is 273 g/mol. The zero-order valence-corrected chi connectivity index (χ0v) is 12.3. The number of likely N-dealkylation sites (tertiary alicyclic amines) is 1. The van der Waals surface area contributed by atoms with Crippen LogP contribution in [0.1, 0.15) is 46.0 Å². The molecule has 3 fully saturated rings. The minimum atomic E-state index is 0. The van der Waals surface area contributed by atoms with Crippen LogP contribution in [0.2, 0.25) is 0 Å². The largest absolute Gasteiger partial charge is 0.337 e. The van der Waals surface area contributed by atoms with Gasteiger partial charge in [-0.2, -0.15) is 0 Å². The number of hydrogen-bond acceptors (Lipinski definition) is 2. The third kappa shape index (κ3) is 2.16. The van der Waals surface area contributed by atoms with E-state index >= 15 is 0 Å². The number of nitrogens with one attached hydrogen (secondary N) is 1. The smallest absolute Gasteiger partial charge is 0.226 e. The van der Waals surface area contributed by atoms with E-state index in [4.69, 9.17) is 0 Å². The second kappa shape index (κ2) is 4.68. The molecule has 1 amide bonds. The summed E-state index contributed by atoms with van der Waals surface area (Å²) in [6, 6.07) is 0. The van der Waals surface area contributed by atoms with Gasteiger partial charge in [0.25, 0.3) is 0 Å². The number of hydrogen-bond donors (Lipinski definition) is 1. The molecule has 0 bridgehead atoms. The minimum Gasteiger partial charge on any atom is -0.337 e. The molecule has 1 spiro atoms. The Labute approximate surface area is 116 Å². The Balaban J connectivity index is 0.00000120. The normalized spacial score (nSPS) is 32.1. The SMILES string of the molecule is CC1(C)CCCN1C(=O)C1CC12CCNCC2.Cl. The van der Waals surface area contributed by atoms with Crippen LogP contribution in [0.3, 0.4) is 0 Å². The molecule has 2 saturated heterocycles. The first-order chi connectivity index (χ1) is 8.05. The first kappa shape index (κ1) is 14.1. The quantitative estimate of drug-likeness (QED) is 0.794. The molecular weight excluding hydrogens is 248 g/mol. The lowest BCUT2D eigenvalue weighted by atomic mass is 9.91. The zero-order chi connectivity index (χ0) is 12.1. The van der Waals surface area contributed by atoms with Gasteiger partial charge in [0, 0.05) is 18.0 Å². The summed E-state index contributed by atoms with van der Waals surface area (Å²) in [4.78, 5) is 14.8. The molecule has 1 saturated carbocycles. The van der Waals surface area contributed by atoms with Gasteiger partial charge in [-0.1, -0.05) is 0 Å². The van der Waals surface area contributed by atoms with Gasteiger partial charge in [0.2, 0.25) is 5.91 Å². The van der Waals surface area contributed by atoms with E-state index in [-0.39, 0.29) is 17.9 Å². The fourth-order valence-corrected chi connectivity index (χ4v) is 3.88. The van der Waals surface area contributed by atoms with E-state index in [0.29, 0.717) is 17.2 Å². The Morgan fingerprint density at radius 1 is 1.22 bits per heavy atom. The Hall–Kier alpha value is -0.280. The highest BCUT2D eigenvalue weighted by molar-refractivity contribution is 5.85. The lowest BCUT2D eigenvalue weighted by molar-refractivity contribution is -0.136. The van der Waals surface area contributed by atoms with Gasteiger partial charge in [0.15, 0.2) is 0 Å². The molecule has 2 aliphatic heterocycles. The van der Waals surface area contributed by atoms with Gasteiger partial charge in [-0.05, 0) is 64.5 Å². The monoisotopic (exact) mass is 272 g/mol. The maximum atomic E-state index is 12.6. The van der Waals surface area contributed by atoms with Crippen LogP contribution in [-0.4, -0.2) is 36.0 Å². The number of carbonyl (C=O) groups excluding carboxylic acids is 1. The summed E-state index contributed by atoms with van der Waals surface area (Å²) in [5.74, 6) is 0.802. The highest BCUT2D eigenvalue weighted by Crippen LogP contribution is 2.59. The summed E-state index contributed by atoms with van der Waals surface area (Å²) >= 11 is 0. The van der Waals surface area contributed by atoms with Crippen LogP contribution in [0.4, 0.5) is 0 Å². The molecule has 3 aliphatic rings. The van der Waals surface area contributed by atoms with Crippen LogP contribution < -0.4 is 5.32 Å². The molecule has 4 heteroatoms. The molecule has 3 nitrogen and oxygen atoms in total. The Morgan fingerprint density at radius 2 is 1.89 bits per heavy atom. The Morgan fingerprint density at radius 3 is 2.44 bits per heavy atom. The van der Waals surface area contributed by atoms with Crippen LogP contribution in [0.15, 0.2) is 0 Å². The molecule has 2 heterocycles. The first-order valence-corrected chi connectivity index (χ1v) is 7.07. The van der Waals surface area contributed by atoms with Crippen molar-refractivity contribution in [3.8, 4) is 0 Å². The Bertz CT molecular complexity index is 337. The molecule has 0 radical (unpaired) electrons. The predicted octanol–water partition coefficient (Wildman–Crippen LogP) is 2.20. The standard InChI is InChI=1S/C14H24N2O.ClH/c1-13(2)4-3-9-16(13)12(17)11-10-14(11)5-7-15-8-6-14;/h11,15H,3-10H2,1-2H3;1H. The van der Waals surface area contributed by atoms with Gasteiger partial charge < -0.3 is 10.2 Å². The maximum absolute atomic E-state index is 12.6. The summed E-state index contributed by atoms with van der Waals surface area (Å²) < 4.78 is 0. The van der Waals surface area contributed by atoms with Crippen LogP contribution in [0.25, 0.3) is 0 Å². The van der Waals surface area contributed by atoms with Crippen molar-refractivity contribution in [3.05, 3.63) is 0 Å². The topological polar surface area (TPSA) is 32.3 Å². The van der Waals surface area contributed by atoms with E-state index in [1.54, 1.807) is 0 Å². The van der Waals surface area contributed by atoms with Crippen molar-refractivity contribution < 1.29 is 4.79 Å². The number of piperidine rings is 1. The van der Waals surface area contributed by atoms with Crippen molar-refractivity contribution in [1.82, 2.24) is 10.2 Å². The average Bonchev–Trinajstić information content (AvgIpc) is 2.85. The summed E-state index contributed by atoms with van der Waals surface area (Å²) in [6.45, 7) is 7.63. The van der Waals surface area contributed by atoms with Crippen molar-refractivity contribution in [2.75, 3.05) is 19.6 Å². The molecule has 1 aliphatic carbocycles. The minimum absolute atomic E-state index is 0. The second-order valence-electron chi connectivity index (χ2n) is 6.77. The van der Waals surface area contributed by atoms with Crippen LogP contribution >= 0.6 is 12.4 Å². The molecule has 1 atom stereocenters. The lowest BCUT2D eigenvalue weighted by Crippen LogP contribution is -2.44. The van der Waals surface area contributed by atoms with Crippen molar-refractivity contribution in [2.24, 2.45) is 11.3 Å². The first-order valence-electron chi connectivity index (χ1n) is 7.07. The molecule has 0 aromatic rings. The van der Waals surface area contributed by atoms with Gasteiger partial charge in [0.1, 0.15) is 0 Å². The fourth-order valence-electron chi connectivity index (χ4n) is 3.88. The van der Waals surface area contributed by atoms with Gasteiger partial charge in [-0.15, -0.1) is 12.4 Å². The van der Waals surface area contributed by atoms with E-state index in [1.165, 1.54) is 25.7 Å². The highest BCUT2D eigenvalue weighted by Gasteiger charge is 2.59. The number of carbonyl (C=O) groups is 1. The molecule has 18 heavy (non-hydrogen) atoms. The summed E-state index contributed by atoms with van der Waals surface area (Å²) in [5, 5.41) is 3.40. The van der Waals surface area contributed by atoms with Crippen molar-refractivity contribution >= 4 is 18.3 Å². The number of halogens is 1. The molecule has 0 aromatic carbocycles.